The molecule has 0 aromatic heterocycles. The highest BCUT2D eigenvalue weighted by Gasteiger charge is 2.52. The summed E-state index contributed by atoms with van der Waals surface area (Å²) in [6, 6.07) is -0.506. The van der Waals surface area contributed by atoms with E-state index in [0.717, 1.165) is 30.9 Å². The van der Waals surface area contributed by atoms with Gasteiger partial charge in [-0.15, -0.1) is 0 Å². The molecule has 2 heterocycles. The molecular weight excluding hydrogens is 320 g/mol. The van der Waals surface area contributed by atoms with Crippen LogP contribution in [0.15, 0.2) is 0 Å². The van der Waals surface area contributed by atoms with Crippen molar-refractivity contribution in [2.45, 2.75) is 58.4 Å². The number of carbonyl (C=O) groups is 3. The van der Waals surface area contributed by atoms with Gasteiger partial charge in [-0.25, -0.2) is 4.79 Å². The fourth-order valence-electron chi connectivity index (χ4n) is 4.60. The summed E-state index contributed by atoms with van der Waals surface area (Å²) in [5, 5.41) is 3.72. The van der Waals surface area contributed by atoms with E-state index < -0.39 is 11.6 Å². The number of nitrogens with one attached hydrogen (secondary N) is 2. The molecule has 2 saturated heterocycles. The molecule has 0 aromatic rings. The second-order valence-electron chi connectivity index (χ2n) is 8.51. The molecule has 3 aliphatic rings. The number of hydrazine groups is 1. The summed E-state index contributed by atoms with van der Waals surface area (Å²) in [7, 11) is 0. The Labute approximate surface area is 149 Å². The molecule has 1 saturated carbocycles. The van der Waals surface area contributed by atoms with Crippen molar-refractivity contribution in [3.8, 4) is 0 Å². The average Bonchev–Trinajstić information content (AvgIpc) is 2.74. The lowest BCUT2D eigenvalue weighted by Crippen LogP contribution is -2.53. The van der Waals surface area contributed by atoms with Gasteiger partial charge in [0.25, 0.3) is 11.8 Å². The maximum absolute atomic E-state index is 12.7. The zero-order valence-electron chi connectivity index (χ0n) is 15.5. The molecule has 140 valence electrons. The van der Waals surface area contributed by atoms with Crippen LogP contribution in [-0.2, 0) is 9.59 Å². The molecule has 2 N–H and O–H groups in total. The lowest BCUT2D eigenvalue weighted by Gasteiger charge is -2.35. The number of carbonyl (C=O) groups excluding carboxylic acids is 3. The normalized spacial score (nSPS) is 36.6. The molecule has 2 unspecified atom stereocenters. The Bertz CT molecular complexity index is 547. The summed E-state index contributed by atoms with van der Waals surface area (Å²) in [5.74, 6) is 1.08. The number of piperidine rings is 1. The quantitative estimate of drug-likeness (QED) is 0.756. The third-order valence-corrected chi connectivity index (χ3v) is 5.84. The third kappa shape index (κ3) is 3.81. The number of imide groups is 1. The Morgan fingerprint density at radius 1 is 1.12 bits per heavy atom. The molecule has 0 radical (unpaired) electrons. The van der Waals surface area contributed by atoms with Crippen LogP contribution in [0.4, 0.5) is 4.79 Å². The summed E-state index contributed by atoms with van der Waals surface area (Å²) < 4.78 is 0. The van der Waals surface area contributed by atoms with Gasteiger partial charge in [0, 0.05) is 13.1 Å². The third-order valence-electron chi connectivity index (χ3n) is 5.84. The predicted octanol–water partition coefficient (Wildman–Crippen LogP) is 1.50. The van der Waals surface area contributed by atoms with Crippen LogP contribution in [0.5, 0.6) is 0 Å². The SMILES string of the molecule is CC1CCC2(CC1)NC(=O)N(NC(=O)CN1CC(C)CC(C)C1)C2=O. The minimum Gasteiger partial charge on any atom is -0.322 e. The standard InChI is InChI=1S/C18H30N4O3/c1-12-4-6-18(7-5-12)16(24)22(17(25)19-18)20-15(23)11-21-9-13(2)8-14(3)10-21/h12-14H,4-11H2,1-3H3,(H,19,25)(H,20,23). The van der Waals surface area contributed by atoms with E-state index in [0.29, 0.717) is 30.6 Å². The number of hydrogen-bond donors (Lipinski definition) is 2. The Kier molecular flexibility index (Phi) is 5.04. The molecule has 0 bridgehead atoms. The first-order chi connectivity index (χ1) is 11.8. The zero-order valence-corrected chi connectivity index (χ0v) is 15.5. The molecule has 25 heavy (non-hydrogen) atoms. The first kappa shape index (κ1) is 18.2. The minimum atomic E-state index is -0.814. The number of urea groups is 1. The molecule has 7 nitrogen and oxygen atoms in total. The summed E-state index contributed by atoms with van der Waals surface area (Å²) in [6.45, 7) is 8.50. The number of hydrogen-bond acceptors (Lipinski definition) is 4. The molecule has 7 heteroatoms. The van der Waals surface area contributed by atoms with E-state index in [9.17, 15) is 14.4 Å². The molecule has 1 aliphatic carbocycles. The van der Waals surface area contributed by atoms with Gasteiger partial charge in [-0.05, 0) is 49.9 Å². The van der Waals surface area contributed by atoms with E-state index in [1.54, 1.807) is 0 Å². The Morgan fingerprint density at radius 3 is 2.32 bits per heavy atom. The van der Waals surface area contributed by atoms with Crippen molar-refractivity contribution in [2.24, 2.45) is 17.8 Å². The zero-order chi connectivity index (χ0) is 18.2. The molecule has 1 spiro atoms. The maximum Gasteiger partial charge on any atom is 0.344 e. The number of nitrogens with zero attached hydrogens (tertiary/aromatic N) is 2. The van der Waals surface area contributed by atoms with Crippen LogP contribution in [0.2, 0.25) is 0 Å². The fraction of sp³-hybridized carbons (Fsp3) is 0.833. The highest BCUT2D eigenvalue weighted by Crippen LogP contribution is 2.35. The van der Waals surface area contributed by atoms with E-state index in [1.807, 2.05) is 0 Å². The molecular formula is C18H30N4O3. The molecule has 4 amide bonds. The second-order valence-corrected chi connectivity index (χ2v) is 8.51. The van der Waals surface area contributed by atoms with Gasteiger partial charge in [0.1, 0.15) is 5.54 Å². The lowest BCUT2D eigenvalue weighted by molar-refractivity contribution is -0.140. The Balaban J connectivity index is 1.58. The first-order valence-electron chi connectivity index (χ1n) is 9.47. The van der Waals surface area contributed by atoms with Crippen LogP contribution in [0.3, 0.4) is 0 Å². The minimum absolute atomic E-state index is 0.218. The van der Waals surface area contributed by atoms with Gasteiger partial charge in [0.05, 0.1) is 6.54 Å². The number of amides is 4. The van der Waals surface area contributed by atoms with Crippen LogP contribution in [-0.4, -0.2) is 52.9 Å². The summed E-state index contributed by atoms with van der Waals surface area (Å²) in [6.07, 6.45) is 4.29. The fourth-order valence-corrected chi connectivity index (χ4v) is 4.60. The van der Waals surface area contributed by atoms with E-state index in [-0.39, 0.29) is 18.4 Å². The number of likely N-dealkylation sites (tertiary alicyclic amines) is 1. The highest BCUT2D eigenvalue weighted by molar-refractivity contribution is 6.08. The van der Waals surface area contributed by atoms with Gasteiger partial charge in [-0.3, -0.25) is 19.9 Å². The summed E-state index contributed by atoms with van der Waals surface area (Å²) >= 11 is 0. The summed E-state index contributed by atoms with van der Waals surface area (Å²) in [4.78, 5) is 39.5. The van der Waals surface area contributed by atoms with Gasteiger partial charge in [0.2, 0.25) is 0 Å². The van der Waals surface area contributed by atoms with Gasteiger partial charge < -0.3 is 5.32 Å². The topological polar surface area (TPSA) is 81.8 Å². The van der Waals surface area contributed by atoms with Crippen LogP contribution in [0, 0.1) is 17.8 Å². The van der Waals surface area contributed by atoms with Crippen LogP contribution < -0.4 is 10.7 Å². The average molecular weight is 350 g/mol. The van der Waals surface area contributed by atoms with Crippen LogP contribution in [0.25, 0.3) is 0 Å². The maximum atomic E-state index is 12.7. The molecule has 3 rings (SSSR count). The van der Waals surface area contributed by atoms with Crippen molar-refractivity contribution in [1.82, 2.24) is 20.7 Å². The van der Waals surface area contributed by atoms with Crippen LogP contribution >= 0.6 is 0 Å². The molecule has 2 aliphatic heterocycles. The van der Waals surface area contributed by atoms with Crippen molar-refractivity contribution in [2.75, 3.05) is 19.6 Å². The lowest BCUT2D eigenvalue weighted by atomic mass is 9.77. The van der Waals surface area contributed by atoms with Gasteiger partial charge in [-0.2, -0.15) is 5.01 Å². The second kappa shape index (κ2) is 6.94. The van der Waals surface area contributed by atoms with E-state index in [1.165, 1.54) is 6.42 Å². The largest absolute Gasteiger partial charge is 0.344 e. The van der Waals surface area contributed by atoms with Crippen molar-refractivity contribution in [3.05, 3.63) is 0 Å². The van der Waals surface area contributed by atoms with Crippen molar-refractivity contribution in [3.63, 3.8) is 0 Å². The van der Waals surface area contributed by atoms with Gasteiger partial charge in [-0.1, -0.05) is 20.8 Å². The highest BCUT2D eigenvalue weighted by atomic mass is 16.2. The van der Waals surface area contributed by atoms with Crippen molar-refractivity contribution >= 4 is 17.8 Å². The van der Waals surface area contributed by atoms with Crippen LogP contribution in [0.1, 0.15) is 52.9 Å². The predicted molar refractivity (Wildman–Crippen MR) is 93.3 cm³/mol. The van der Waals surface area contributed by atoms with Gasteiger partial charge in [0.15, 0.2) is 0 Å². The smallest absolute Gasteiger partial charge is 0.322 e. The number of rotatable bonds is 3. The van der Waals surface area contributed by atoms with E-state index >= 15 is 0 Å². The molecule has 3 fully saturated rings. The Morgan fingerprint density at radius 2 is 1.72 bits per heavy atom. The first-order valence-corrected chi connectivity index (χ1v) is 9.47. The van der Waals surface area contributed by atoms with E-state index in [2.05, 4.69) is 36.4 Å². The van der Waals surface area contributed by atoms with Crippen molar-refractivity contribution in [1.29, 1.82) is 0 Å². The van der Waals surface area contributed by atoms with Gasteiger partial charge >= 0.3 is 6.03 Å². The van der Waals surface area contributed by atoms with E-state index in [4.69, 9.17) is 0 Å². The molecule has 2 atom stereocenters. The summed E-state index contributed by atoms with van der Waals surface area (Å²) in [5.41, 5.74) is 1.71. The monoisotopic (exact) mass is 350 g/mol. The van der Waals surface area contributed by atoms with Crippen molar-refractivity contribution < 1.29 is 14.4 Å². The molecule has 0 aromatic carbocycles. The Hall–Kier alpha value is -1.63.